The van der Waals surface area contributed by atoms with Gasteiger partial charge in [0.05, 0.1) is 35.9 Å². The van der Waals surface area contributed by atoms with E-state index in [1.54, 1.807) is 40.1 Å². The van der Waals surface area contributed by atoms with E-state index in [2.05, 4.69) is 0 Å². The minimum Gasteiger partial charge on any atom is -0.484 e. The van der Waals surface area contributed by atoms with Gasteiger partial charge in [-0.25, -0.2) is 9.79 Å². The van der Waals surface area contributed by atoms with Crippen molar-refractivity contribution < 1.29 is 29.0 Å². The molecule has 0 bridgehead atoms. The lowest BCUT2D eigenvalue weighted by atomic mass is 10.1. The molecule has 0 spiro atoms. The molecule has 2 heterocycles. The second-order valence-electron chi connectivity index (χ2n) is 9.08. The summed E-state index contributed by atoms with van der Waals surface area (Å²) < 4.78 is 10.9. The molecule has 10 heteroatoms. The van der Waals surface area contributed by atoms with Crippen LogP contribution in [0.25, 0.3) is 6.08 Å². The Bertz CT molecular complexity index is 1430. The van der Waals surface area contributed by atoms with E-state index >= 15 is 0 Å². The third-order valence-electron chi connectivity index (χ3n) is 6.31. The van der Waals surface area contributed by atoms with Gasteiger partial charge >= 0.3 is 5.97 Å². The number of hydrogen-bond donors (Lipinski definition) is 1. The summed E-state index contributed by atoms with van der Waals surface area (Å²) in [5, 5.41) is 9.72. The highest BCUT2D eigenvalue weighted by Crippen LogP contribution is 2.35. The molecule has 0 atom stereocenters. The summed E-state index contributed by atoms with van der Waals surface area (Å²) in [7, 11) is 0. The lowest BCUT2D eigenvalue weighted by molar-refractivity contribution is -0.137. The molecule has 0 radical (unpaired) electrons. The lowest BCUT2D eigenvalue weighted by Crippen LogP contribution is -2.42. The Labute approximate surface area is 235 Å². The van der Waals surface area contributed by atoms with Gasteiger partial charge in [-0.3, -0.25) is 14.5 Å². The summed E-state index contributed by atoms with van der Waals surface area (Å²) in [6.07, 6.45) is 1.80. The Balaban J connectivity index is 1.31. The molecule has 0 saturated carbocycles. The predicted octanol–water partition coefficient (Wildman–Crippen LogP) is 4.43. The van der Waals surface area contributed by atoms with Crippen LogP contribution in [0.1, 0.15) is 21.5 Å². The Morgan fingerprint density at radius 2 is 1.68 bits per heavy atom. The summed E-state index contributed by atoms with van der Waals surface area (Å²) in [5.41, 5.74) is 2.49. The summed E-state index contributed by atoms with van der Waals surface area (Å²) in [6.45, 7) is 2.42. The minimum absolute atomic E-state index is 0.0452. The van der Waals surface area contributed by atoms with Gasteiger partial charge in [-0.1, -0.05) is 42.5 Å². The standard InChI is InChI=1S/C30H27N3O6S/c34-27(32-14-16-38-17-15-32)20-39-25-12-8-21(9-13-25)18-26-28(35)33(19-22-6-10-23(11-7-22)29(36)37)30(40-26)31-24-4-2-1-3-5-24/h1-13,18H,14-17,19-20H2,(H,36,37)/b26-18-,31-30?. The van der Waals surface area contributed by atoms with Gasteiger partial charge in [-0.15, -0.1) is 0 Å². The van der Waals surface area contributed by atoms with Crippen molar-refractivity contribution in [3.8, 4) is 5.75 Å². The van der Waals surface area contributed by atoms with E-state index in [0.717, 1.165) is 16.8 Å². The first-order chi connectivity index (χ1) is 19.5. The molecule has 2 aliphatic heterocycles. The fourth-order valence-electron chi connectivity index (χ4n) is 4.14. The largest absolute Gasteiger partial charge is 0.484 e. The Morgan fingerprint density at radius 3 is 2.35 bits per heavy atom. The van der Waals surface area contributed by atoms with Crippen molar-refractivity contribution in [2.24, 2.45) is 4.99 Å². The van der Waals surface area contributed by atoms with E-state index in [-0.39, 0.29) is 30.5 Å². The maximum atomic E-state index is 13.5. The van der Waals surface area contributed by atoms with Crippen molar-refractivity contribution in [3.05, 3.63) is 100 Å². The first-order valence-electron chi connectivity index (χ1n) is 12.7. The molecule has 2 fully saturated rings. The zero-order chi connectivity index (χ0) is 27.9. The van der Waals surface area contributed by atoms with Crippen LogP contribution in [0.2, 0.25) is 0 Å². The molecule has 5 rings (SSSR count). The molecular weight excluding hydrogens is 530 g/mol. The van der Waals surface area contributed by atoms with Crippen molar-refractivity contribution in [3.63, 3.8) is 0 Å². The number of hydrogen-bond acceptors (Lipinski definition) is 7. The molecular formula is C30H27N3O6S. The Kier molecular flexibility index (Phi) is 8.58. The second-order valence-corrected chi connectivity index (χ2v) is 10.1. The fraction of sp³-hybridized carbons (Fsp3) is 0.200. The number of carbonyl (C=O) groups is 3. The zero-order valence-electron chi connectivity index (χ0n) is 21.6. The van der Waals surface area contributed by atoms with Crippen LogP contribution < -0.4 is 4.74 Å². The van der Waals surface area contributed by atoms with E-state index in [1.165, 1.54) is 23.9 Å². The van der Waals surface area contributed by atoms with Crippen molar-refractivity contribution in [2.75, 3.05) is 32.9 Å². The average molecular weight is 558 g/mol. The fourth-order valence-corrected chi connectivity index (χ4v) is 5.14. The molecule has 3 aromatic rings. The number of thioether (sulfide) groups is 1. The van der Waals surface area contributed by atoms with Gasteiger partial charge in [-0.2, -0.15) is 0 Å². The maximum Gasteiger partial charge on any atom is 0.335 e. The first kappa shape index (κ1) is 27.2. The van der Waals surface area contributed by atoms with Crippen molar-refractivity contribution in [1.82, 2.24) is 9.80 Å². The maximum absolute atomic E-state index is 13.5. The SMILES string of the molecule is O=C(O)c1ccc(CN2C(=O)/C(=C/c3ccc(OCC(=O)N4CCOCC4)cc3)SC2=Nc2ccccc2)cc1. The second kappa shape index (κ2) is 12.6. The van der Waals surface area contributed by atoms with Gasteiger partial charge < -0.3 is 19.5 Å². The number of amidine groups is 1. The third-order valence-corrected chi connectivity index (χ3v) is 7.32. The highest BCUT2D eigenvalue weighted by molar-refractivity contribution is 8.18. The van der Waals surface area contributed by atoms with E-state index in [4.69, 9.17) is 14.5 Å². The van der Waals surface area contributed by atoms with Gasteiger partial charge in [0.2, 0.25) is 0 Å². The van der Waals surface area contributed by atoms with Crippen molar-refractivity contribution >= 4 is 46.5 Å². The molecule has 40 heavy (non-hydrogen) atoms. The summed E-state index contributed by atoms with van der Waals surface area (Å²) in [6, 6.07) is 23.0. The van der Waals surface area contributed by atoms with Crippen LogP contribution in [0, 0.1) is 0 Å². The van der Waals surface area contributed by atoms with Crippen molar-refractivity contribution in [1.29, 1.82) is 0 Å². The first-order valence-corrected chi connectivity index (χ1v) is 13.5. The monoisotopic (exact) mass is 557 g/mol. The number of benzene rings is 3. The molecule has 3 aromatic carbocycles. The van der Waals surface area contributed by atoms with Crippen LogP contribution in [0.5, 0.6) is 5.75 Å². The number of rotatable bonds is 8. The topological polar surface area (TPSA) is 109 Å². The third kappa shape index (κ3) is 6.77. The summed E-state index contributed by atoms with van der Waals surface area (Å²) >= 11 is 1.28. The van der Waals surface area contributed by atoms with E-state index in [0.29, 0.717) is 42.1 Å². The average Bonchev–Trinajstić information content (AvgIpc) is 3.26. The van der Waals surface area contributed by atoms with Crippen LogP contribution in [0.15, 0.2) is 88.8 Å². The number of morpholine rings is 1. The number of aliphatic imine (C=N–C) groups is 1. The predicted molar refractivity (Wildman–Crippen MR) is 152 cm³/mol. The molecule has 2 aliphatic rings. The quantitative estimate of drug-likeness (QED) is 0.408. The molecule has 2 saturated heterocycles. The highest BCUT2D eigenvalue weighted by atomic mass is 32.2. The smallest absolute Gasteiger partial charge is 0.335 e. The number of aromatic carboxylic acids is 1. The van der Waals surface area contributed by atoms with Crippen LogP contribution >= 0.6 is 11.8 Å². The van der Waals surface area contributed by atoms with Crippen LogP contribution in [0.3, 0.4) is 0 Å². The minimum atomic E-state index is -1.00. The summed E-state index contributed by atoms with van der Waals surface area (Å²) in [5.74, 6) is -0.716. The van der Waals surface area contributed by atoms with Gasteiger partial charge in [0.1, 0.15) is 5.75 Å². The number of para-hydroxylation sites is 1. The Hall–Kier alpha value is -4.41. The van der Waals surface area contributed by atoms with E-state index in [1.807, 2.05) is 42.5 Å². The van der Waals surface area contributed by atoms with Gasteiger partial charge in [0, 0.05) is 13.1 Å². The molecule has 9 nitrogen and oxygen atoms in total. The van der Waals surface area contributed by atoms with E-state index < -0.39 is 5.97 Å². The lowest BCUT2D eigenvalue weighted by Gasteiger charge is -2.26. The number of carboxylic acids is 1. The van der Waals surface area contributed by atoms with Crippen LogP contribution in [-0.2, 0) is 20.9 Å². The van der Waals surface area contributed by atoms with Crippen LogP contribution in [-0.4, -0.2) is 70.8 Å². The number of nitrogens with zero attached hydrogens (tertiary/aromatic N) is 3. The summed E-state index contributed by atoms with van der Waals surface area (Å²) in [4.78, 5) is 45.5. The molecule has 204 valence electrons. The van der Waals surface area contributed by atoms with Crippen LogP contribution in [0.4, 0.5) is 5.69 Å². The van der Waals surface area contributed by atoms with E-state index in [9.17, 15) is 19.5 Å². The number of amides is 2. The normalized spacial score (nSPS) is 17.4. The molecule has 2 amide bonds. The molecule has 0 aliphatic carbocycles. The van der Waals surface area contributed by atoms with Crippen molar-refractivity contribution in [2.45, 2.75) is 6.54 Å². The Morgan fingerprint density at radius 1 is 0.975 bits per heavy atom. The molecule has 1 N–H and O–H groups in total. The van der Waals surface area contributed by atoms with Gasteiger partial charge in [0.15, 0.2) is 11.8 Å². The molecule has 0 aromatic heterocycles. The number of carbonyl (C=O) groups excluding carboxylic acids is 2. The zero-order valence-corrected chi connectivity index (χ0v) is 22.4. The number of ether oxygens (including phenoxy) is 2. The number of carboxylic acid groups (broad SMARTS) is 1. The van der Waals surface area contributed by atoms with Gasteiger partial charge in [0.25, 0.3) is 11.8 Å². The highest BCUT2D eigenvalue weighted by Gasteiger charge is 2.33. The van der Waals surface area contributed by atoms with Gasteiger partial charge in [-0.05, 0) is 65.4 Å². The molecule has 0 unspecified atom stereocenters.